The number of carbonyl (C=O) groups is 2. The van der Waals surface area contributed by atoms with E-state index >= 15 is 0 Å². The molecule has 2 aliphatic heterocycles. The standard InChI is InChI=1S/C21H19N5O4S/c27-19(24-20-23-16(13-31-20)14-2-1-5-22-11-14)12-25-6-7-26(21(25)28)15-3-4-17-18(10-15)30-9-8-29-17/h1-5,10-11,13H,6-9,12H2,(H,23,24,27). The molecule has 1 fully saturated rings. The number of thiazole rings is 1. The molecule has 9 nitrogen and oxygen atoms in total. The molecule has 1 saturated heterocycles. The number of fused-ring (bicyclic) bond motifs is 1. The number of anilines is 2. The Labute approximate surface area is 182 Å². The lowest BCUT2D eigenvalue weighted by Gasteiger charge is -2.22. The maximum atomic E-state index is 12.8. The van der Waals surface area contributed by atoms with Crippen LogP contribution in [0.15, 0.2) is 48.1 Å². The molecule has 10 heteroatoms. The number of urea groups is 1. The van der Waals surface area contributed by atoms with Crippen LogP contribution in [0, 0.1) is 0 Å². The molecule has 31 heavy (non-hydrogen) atoms. The zero-order chi connectivity index (χ0) is 21.2. The Hall–Kier alpha value is -3.66. The molecule has 0 unspecified atom stereocenters. The SMILES string of the molecule is O=C(CN1CCN(c2ccc3c(c2)OCCO3)C1=O)Nc1nc(-c2cccnc2)cs1. The zero-order valence-corrected chi connectivity index (χ0v) is 17.3. The summed E-state index contributed by atoms with van der Waals surface area (Å²) in [5, 5.41) is 5.12. The van der Waals surface area contributed by atoms with Gasteiger partial charge >= 0.3 is 6.03 Å². The van der Waals surface area contributed by atoms with E-state index in [1.807, 2.05) is 23.6 Å². The van der Waals surface area contributed by atoms with Crippen molar-refractivity contribution in [2.24, 2.45) is 0 Å². The lowest BCUT2D eigenvalue weighted by molar-refractivity contribution is -0.116. The Morgan fingerprint density at radius 2 is 2.03 bits per heavy atom. The lowest BCUT2D eigenvalue weighted by Crippen LogP contribution is -2.37. The van der Waals surface area contributed by atoms with Gasteiger partial charge in [-0.05, 0) is 24.3 Å². The molecule has 0 spiro atoms. The third kappa shape index (κ3) is 4.02. The number of nitrogens with zero attached hydrogens (tertiary/aromatic N) is 4. The second-order valence-electron chi connectivity index (χ2n) is 7.01. The first-order valence-corrected chi connectivity index (χ1v) is 10.7. The Morgan fingerprint density at radius 3 is 2.87 bits per heavy atom. The highest BCUT2D eigenvalue weighted by molar-refractivity contribution is 7.14. The summed E-state index contributed by atoms with van der Waals surface area (Å²) in [6.07, 6.45) is 3.41. The van der Waals surface area contributed by atoms with E-state index in [4.69, 9.17) is 9.47 Å². The minimum atomic E-state index is -0.288. The number of amides is 3. The van der Waals surface area contributed by atoms with Gasteiger partial charge in [-0.3, -0.25) is 14.7 Å². The molecular formula is C21H19N5O4S. The predicted molar refractivity (Wildman–Crippen MR) is 116 cm³/mol. The highest BCUT2D eigenvalue weighted by atomic mass is 32.1. The molecule has 0 bridgehead atoms. The normalized spacial score (nSPS) is 15.3. The minimum absolute atomic E-state index is 0.0400. The summed E-state index contributed by atoms with van der Waals surface area (Å²) in [4.78, 5) is 37.0. The summed E-state index contributed by atoms with van der Waals surface area (Å²) >= 11 is 1.33. The van der Waals surface area contributed by atoms with E-state index in [2.05, 4.69) is 15.3 Å². The number of aromatic nitrogens is 2. The van der Waals surface area contributed by atoms with Crippen molar-refractivity contribution in [1.29, 1.82) is 0 Å². The fourth-order valence-electron chi connectivity index (χ4n) is 3.48. The van der Waals surface area contributed by atoms with Gasteiger partial charge in [0.2, 0.25) is 5.91 Å². The molecule has 5 rings (SSSR count). The molecule has 4 heterocycles. The van der Waals surface area contributed by atoms with Gasteiger partial charge < -0.3 is 19.7 Å². The first-order valence-electron chi connectivity index (χ1n) is 9.79. The van der Waals surface area contributed by atoms with Crippen LogP contribution in [0.5, 0.6) is 11.5 Å². The molecule has 3 aromatic rings. The van der Waals surface area contributed by atoms with Crippen LogP contribution >= 0.6 is 11.3 Å². The summed E-state index contributed by atoms with van der Waals surface area (Å²) in [6.45, 7) is 1.91. The number of pyridine rings is 1. The first-order chi connectivity index (χ1) is 15.2. The van der Waals surface area contributed by atoms with Crippen LogP contribution < -0.4 is 19.7 Å². The van der Waals surface area contributed by atoms with Gasteiger partial charge in [-0.1, -0.05) is 0 Å². The fourth-order valence-corrected chi connectivity index (χ4v) is 4.21. The summed E-state index contributed by atoms with van der Waals surface area (Å²) < 4.78 is 11.1. The van der Waals surface area contributed by atoms with Gasteiger partial charge in [0.25, 0.3) is 0 Å². The van der Waals surface area contributed by atoms with Crippen LogP contribution in [-0.2, 0) is 4.79 Å². The maximum absolute atomic E-state index is 12.8. The number of carbonyl (C=O) groups excluding carboxylic acids is 2. The Bertz CT molecular complexity index is 1120. The first kappa shape index (κ1) is 19.3. The van der Waals surface area contributed by atoms with Crippen molar-refractivity contribution in [2.45, 2.75) is 0 Å². The fraction of sp³-hybridized carbons (Fsp3) is 0.238. The Kier molecular flexibility index (Phi) is 5.13. The molecule has 3 amide bonds. The van der Waals surface area contributed by atoms with Gasteiger partial charge in [-0.25, -0.2) is 9.78 Å². The number of hydrogen-bond donors (Lipinski definition) is 1. The van der Waals surface area contributed by atoms with Gasteiger partial charge in [0.1, 0.15) is 19.8 Å². The summed E-state index contributed by atoms with van der Waals surface area (Å²) in [5.74, 6) is 1.01. The van der Waals surface area contributed by atoms with Crippen LogP contribution in [0.3, 0.4) is 0 Å². The highest BCUT2D eigenvalue weighted by Gasteiger charge is 2.31. The maximum Gasteiger partial charge on any atom is 0.325 e. The molecule has 0 radical (unpaired) electrons. The Morgan fingerprint density at radius 1 is 1.16 bits per heavy atom. The lowest BCUT2D eigenvalue weighted by atomic mass is 10.2. The Balaban J connectivity index is 1.21. The van der Waals surface area contributed by atoms with Crippen LogP contribution in [0.1, 0.15) is 0 Å². The van der Waals surface area contributed by atoms with E-state index < -0.39 is 0 Å². The molecule has 0 saturated carbocycles. The number of nitrogens with one attached hydrogen (secondary N) is 1. The number of ether oxygens (including phenoxy) is 2. The van der Waals surface area contributed by atoms with Crippen molar-refractivity contribution < 1.29 is 19.1 Å². The van der Waals surface area contributed by atoms with Crippen molar-refractivity contribution in [3.8, 4) is 22.8 Å². The molecule has 2 aromatic heterocycles. The summed E-state index contributed by atoms with van der Waals surface area (Å²) in [5.41, 5.74) is 2.35. The van der Waals surface area contributed by atoms with Crippen LogP contribution in [0.4, 0.5) is 15.6 Å². The van der Waals surface area contributed by atoms with Crippen molar-refractivity contribution in [2.75, 3.05) is 43.1 Å². The van der Waals surface area contributed by atoms with Crippen molar-refractivity contribution >= 4 is 34.1 Å². The van der Waals surface area contributed by atoms with Crippen molar-refractivity contribution in [3.05, 3.63) is 48.1 Å². The van der Waals surface area contributed by atoms with E-state index in [1.165, 1.54) is 16.2 Å². The average Bonchev–Trinajstić information content (AvgIpc) is 3.41. The molecular weight excluding hydrogens is 418 g/mol. The second kappa shape index (κ2) is 8.23. The van der Waals surface area contributed by atoms with Crippen molar-refractivity contribution in [1.82, 2.24) is 14.9 Å². The van der Waals surface area contributed by atoms with Gasteiger partial charge in [0.05, 0.1) is 5.69 Å². The summed E-state index contributed by atoms with van der Waals surface area (Å²) in [7, 11) is 0. The smallest absolute Gasteiger partial charge is 0.325 e. The molecule has 158 valence electrons. The molecule has 1 N–H and O–H groups in total. The van der Waals surface area contributed by atoms with Crippen LogP contribution in [0.2, 0.25) is 0 Å². The van der Waals surface area contributed by atoms with Crippen LogP contribution in [0.25, 0.3) is 11.3 Å². The minimum Gasteiger partial charge on any atom is -0.486 e. The number of rotatable bonds is 5. The number of hydrogen-bond acceptors (Lipinski definition) is 7. The predicted octanol–water partition coefficient (Wildman–Crippen LogP) is 2.86. The molecule has 2 aliphatic rings. The topological polar surface area (TPSA) is 96.9 Å². The van der Waals surface area contributed by atoms with Crippen molar-refractivity contribution in [3.63, 3.8) is 0 Å². The van der Waals surface area contributed by atoms with Crippen LogP contribution in [-0.4, -0.2) is 59.7 Å². The quantitative estimate of drug-likeness (QED) is 0.659. The number of benzene rings is 1. The highest BCUT2D eigenvalue weighted by Crippen LogP contribution is 2.35. The van der Waals surface area contributed by atoms with E-state index in [0.29, 0.717) is 42.9 Å². The zero-order valence-electron chi connectivity index (χ0n) is 16.5. The second-order valence-corrected chi connectivity index (χ2v) is 7.87. The van der Waals surface area contributed by atoms with E-state index in [-0.39, 0.29) is 18.5 Å². The molecule has 0 aliphatic carbocycles. The third-order valence-electron chi connectivity index (χ3n) is 4.97. The summed E-state index contributed by atoms with van der Waals surface area (Å²) in [6, 6.07) is 8.94. The van der Waals surface area contributed by atoms with Gasteiger partial charge in [0, 0.05) is 48.2 Å². The van der Waals surface area contributed by atoms with Gasteiger partial charge in [-0.15, -0.1) is 11.3 Å². The van der Waals surface area contributed by atoms with Gasteiger partial charge in [0.15, 0.2) is 16.6 Å². The molecule has 0 atom stereocenters. The van der Waals surface area contributed by atoms with Gasteiger partial charge in [-0.2, -0.15) is 0 Å². The molecule has 1 aromatic carbocycles. The largest absolute Gasteiger partial charge is 0.486 e. The monoisotopic (exact) mass is 437 g/mol. The third-order valence-corrected chi connectivity index (χ3v) is 5.73. The van der Waals surface area contributed by atoms with E-state index in [1.54, 1.807) is 29.4 Å². The average molecular weight is 437 g/mol. The van der Waals surface area contributed by atoms with E-state index in [0.717, 1.165) is 16.9 Å². The van der Waals surface area contributed by atoms with E-state index in [9.17, 15) is 9.59 Å².